The quantitative estimate of drug-likeness (QED) is 0.745. The first-order chi connectivity index (χ1) is 12.7. The molecule has 3 N–H and O–H groups in total. The number of nitrogens with one attached hydrogen (secondary N) is 1. The van der Waals surface area contributed by atoms with E-state index in [0.717, 1.165) is 48.3 Å². The van der Waals surface area contributed by atoms with E-state index in [9.17, 15) is 4.79 Å². The summed E-state index contributed by atoms with van der Waals surface area (Å²) in [6.07, 6.45) is 10.2. The standard InChI is InChI=1S/C21H28N4O/c1-2-6-18-21(25-20(26)13-15-7-4-3-5-8-15)23-14-19(24-18)16-9-11-17(22)12-10-16/h9-12,14-15H,2-8,13,22H2,1H3,(H,23,25,26). The second-order valence-electron chi connectivity index (χ2n) is 7.18. The molecule has 0 spiro atoms. The third-order valence-corrected chi connectivity index (χ3v) is 4.99. The van der Waals surface area contributed by atoms with Crippen LogP contribution in [0, 0.1) is 5.92 Å². The molecule has 0 radical (unpaired) electrons. The lowest BCUT2D eigenvalue weighted by Crippen LogP contribution is -2.20. The molecule has 5 nitrogen and oxygen atoms in total. The van der Waals surface area contributed by atoms with Crippen molar-refractivity contribution in [2.75, 3.05) is 11.1 Å². The molecule has 1 aromatic heterocycles. The Kier molecular flexibility index (Phi) is 6.21. The Morgan fingerprint density at radius 3 is 2.62 bits per heavy atom. The lowest BCUT2D eigenvalue weighted by Gasteiger charge is -2.21. The Labute approximate surface area is 155 Å². The first-order valence-electron chi connectivity index (χ1n) is 9.67. The van der Waals surface area contributed by atoms with Gasteiger partial charge in [0.15, 0.2) is 5.82 Å². The van der Waals surface area contributed by atoms with Crippen molar-refractivity contribution in [3.05, 3.63) is 36.2 Å². The van der Waals surface area contributed by atoms with Gasteiger partial charge in [-0.15, -0.1) is 0 Å². The Hall–Kier alpha value is -2.43. The van der Waals surface area contributed by atoms with Crippen molar-refractivity contribution in [3.63, 3.8) is 0 Å². The van der Waals surface area contributed by atoms with Crippen LogP contribution in [-0.2, 0) is 11.2 Å². The van der Waals surface area contributed by atoms with Crippen LogP contribution in [0.5, 0.6) is 0 Å². The van der Waals surface area contributed by atoms with Crippen LogP contribution in [0.3, 0.4) is 0 Å². The van der Waals surface area contributed by atoms with Gasteiger partial charge in [-0.25, -0.2) is 9.97 Å². The first-order valence-corrected chi connectivity index (χ1v) is 9.67. The topological polar surface area (TPSA) is 80.9 Å². The van der Waals surface area contributed by atoms with E-state index in [2.05, 4.69) is 17.2 Å². The number of nitrogens with two attached hydrogens (primary N) is 1. The number of hydrogen-bond acceptors (Lipinski definition) is 4. The number of amides is 1. The molecule has 2 aromatic rings. The number of rotatable bonds is 6. The van der Waals surface area contributed by atoms with Crippen LogP contribution in [0.25, 0.3) is 11.3 Å². The molecule has 0 aliphatic heterocycles. The molecule has 3 rings (SSSR count). The van der Waals surface area contributed by atoms with Crippen LogP contribution in [0.2, 0.25) is 0 Å². The van der Waals surface area contributed by atoms with Gasteiger partial charge in [0.2, 0.25) is 5.91 Å². The average molecular weight is 352 g/mol. The zero-order valence-electron chi connectivity index (χ0n) is 15.5. The monoisotopic (exact) mass is 352 g/mol. The highest BCUT2D eigenvalue weighted by Crippen LogP contribution is 2.27. The zero-order chi connectivity index (χ0) is 18.4. The number of hydrogen-bond donors (Lipinski definition) is 2. The second-order valence-corrected chi connectivity index (χ2v) is 7.18. The molecule has 138 valence electrons. The summed E-state index contributed by atoms with van der Waals surface area (Å²) in [5, 5.41) is 3.00. The van der Waals surface area contributed by atoms with Gasteiger partial charge in [0.05, 0.1) is 17.6 Å². The maximum atomic E-state index is 12.4. The fourth-order valence-electron chi connectivity index (χ4n) is 3.57. The first kappa shape index (κ1) is 18.4. The van der Waals surface area contributed by atoms with Gasteiger partial charge in [-0.2, -0.15) is 0 Å². The largest absolute Gasteiger partial charge is 0.399 e. The van der Waals surface area contributed by atoms with Crippen LogP contribution < -0.4 is 11.1 Å². The normalized spacial score (nSPS) is 15.0. The van der Waals surface area contributed by atoms with Crippen LogP contribution >= 0.6 is 0 Å². The van der Waals surface area contributed by atoms with Gasteiger partial charge < -0.3 is 11.1 Å². The molecule has 1 aliphatic carbocycles. The van der Waals surface area contributed by atoms with Gasteiger partial charge in [0.25, 0.3) is 0 Å². The molecule has 1 amide bonds. The molecular weight excluding hydrogens is 324 g/mol. The Morgan fingerprint density at radius 2 is 1.92 bits per heavy atom. The van der Waals surface area contributed by atoms with Crippen molar-refractivity contribution in [2.45, 2.75) is 58.3 Å². The van der Waals surface area contributed by atoms with Crippen LogP contribution in [-0.4, -0.2) is 15.9 Å². The molecule has 5 heteroatoms. The van der Waals surface area contributed by atoms with E-state index < -0.39 is 0 Å². The molecule has 1 saturated carbocycles. The summed E-state index contributed by atoms with van der Waals surface area (Å²) < 4.78 is 0. The molecule has 0 unspecified atom stereocenters. The molecule has 0 saturated heterocycles. The highest BCUT2D eigenvalue weighted by molar-refractivity contribution is 5.90. The van der Waals surface area contributed by atoms with E-state index >= 15 is 0 Å². The molecular formula is C21H28N4O. The minimum Gasteiger partial charge on any atom is -0.399 e. The summed E-state index contributed by atoms with van der Waals surface area (Å²) in [5.74, 6) is 1.18. The van der Waals surface area contributed by atoms with Gasteiger partial charge in [-0.3, -0.25) is 4.79 Å². The maximum absolute atomic E-state index is 12.4. The predicted molar refractivity (Wildman–Crippen MR) is 106 cm³/mol. The third kappa shape index (κ3) is 4.81. The highest BCUT2D eigenvalue weighted by atomic mass is 16.1. The molecule has 26 heavy (non-hydrogen) atoms. The zero-order valence-corrected chi connectivity index (χ0v) is 15.5. The lowest BCUT2D eigenvalue weighted by molar-refractivity contribution is -0.117. The van der Waals surface area contributed by atoms with Gasteiger partial charge in [-0.05, 0) is 37.3 Å². The van der Waals surface area contributed by atoms with Crippen molar-refractivity contribution < 1.29 is 4.79 Å². The predicted octanol–water partition coefficient (Wildman–Crippen LogP) is 4.59. The Bertz CT molecular complexity index is 736. The van der Waals surface area contributed by atoms with Crippen molar-refractivity contribution in [2.24, 2.45) is 5.92 Å². The minimum atomic E-state index is 0.0591. The van der Waals surface area contributed by atoms with E-state index in [-0.39, 0.29) is 5.91 Å². The van der Waals surface area contributed by atoms with Crippen molar-refractivity contribution in [1.29, 1.82) is 0 Å². The van der Waals surface area contributed by atoms with Crippen molar-refractivity contribution >= 4 is 17.4 Å². The van der Waals surface area contributed by atoms with Crippen LogP contribution in [0.4, 0.5) is 11.5 Å². The van der Waals surface area contributed by atoms with Gasteiger partial charge in [0, 0.05) is 17.7 Å². The summed E-state index contributed by atoms with van der Waals surface area (Å²) in [6.45, 7) is 2.10. The minimum absolute atomic E-state index is 0.0591. The van der Waals surface area contributed by atoms with Crippen molar-refractivity contribution in [3.8, 4) is 11.3 Å². The molecule has 0 atom stereocenters. The molecule has 1 heterocycles. The van der Waals surface area contributed by atoms with Gasteiger partial charge in [-0.1, -0.05) is 44.7 Å². The number of benzene rings is 1. The van der Waals surface area contributed by atoms with E-state index in [1.165, 1.54) is 19.3 Å². The number of aryl methyl sites for hydroxylation is 1. The number of nitrogen functional groups attached to an aromatic ring is 1. The molecule has 1 fully saturated rings. The lowest BCUT2D eigenvalue weighted by atomic mass is 9.87. The summed E-state index contributed by atoms with van der Waals surface area (Å²) >= 11 is 0. The summed E-state index contributed by atoms with van der Waals surface area (Å²) in [4.78, 5) is 21.7. The van der Waals surface area contributed by atoms with Crippen molar-refractivity contribution in [1.82, 2.24) is 9.97 Å². The summed E-state index contributed by atoms with van der Waals surface area (Å²) in [7, 11) is 0. The number of aromatic nitrogens is 2. The fraction of sp³-hybridized carbons (Fsp3) is 0.476. The van der Waals surface area contributed by atoms with Crippen LogP contribution in [0.1, 0.15) is 57.6 Å². The number of nitrogens with zero attached hydrogens (tertiary/aromatic N) is 2. The third-order valence-electron chi connectivity index (χ3n) is 4.99. The Morgan fingerprint density at radius 1 is 1.19 bits per heavy atom. The van der Waals surface area contributed by atoms with E-state index in [1.54, 1.807) is 6.20 Å². The SMILES string of the molecule is CCCc1nc(-c2ccc(N)cc2)cnc1NC(=O)CC1CCCCC1. The average Bonchev–Trinajstić information content (AvgIpc) is 2.65. The number of anilines is 2. The molecule has 1 aliphatic rings. The van der Waals surface area contributed by atoms with Gasteiger partial charge >= 0.3 is 0 Å². The summed E-state index contributed by atoms with van der Waals surface area (Å²) in [5.41, 5.74) is 9.11. The summed E-state index contributed by atoms with van der Waals surface area (Å²) in [6, 6.07) is 7.60. The second kappa shape index (κ2) is 8.79. The van der Waals surface area contributed by atoms with E-state index in [1.807, 2.05) is 24.3 Å². The number of carbonyl (C=O) groups is 1. The highest BCUT2D eigenvalue weighted by Gasteiger charge is 2.18. The van der Waals surface area contributed by atoms with E-state index in [4.69, 9.17) is 10.7 Å². The smallest absolute Gasteiger partial charge is 0.225 e. The molecule has 0 bridgehead atoms. The maximum Gasteiger partial charge on any atom is 0.225 e. The van der Waals surface area contributed by atoms with Gasteiger partial charge in [0.1, 0.15) is 0 Å². The molecule has 1 aromatic carbocycles. The fourth-order valence-corrected chi connectivity index (χ4v) is 3.57. The van der Waals surface area contributed by atoms with Crippen LogP contribution in [0.15, 0.2) is 30.5 Å². The van der Waals surface area contributed by atoms with E-state index in [0.29, 0.717) is 18.2 Å². The Balaban J connectivity index is 1.73. The number of carbonyl (C=O) groups excluding carboxylic acids is 1.